The lowest BCUT2D eigenvalue weighted by atomic mass is 9.79. The summed E-state index contributed by atoms with van der Waals surface area (Å²) >= 11 is 3.82. The quantitative estimate of drug-likeness (QED) is 0.113. The molecule has 10 rings (SSSR count). The highest BCUT2D eigenvalue weighted by molar-refractivity contribution is 7.99. The van der Waals surface area contributed by atoms with Gasteiger partial charge in [0.05, 0.1) is 27.5 Å². The predicted octanol–water partition coefficient (Wildman–Crippen LogP) is 14.3. The molecule has 0 amide bonds. The van der Waals surface area contributed by atoms with Crippen LogP contribution in [0.1, 0.15) is 47.9 Å². The molecule has 2 aliphatic carbocycles. The zero-order valence-electron chi connectivity index (χ0n) is 34.8. The molecule has 0 spiro atoms. The van der Waals surface area contributed by atoms with Crippen molar-refractivity contribution in [3.05, 3.63) is 216 Å². The van der Waals surface area contributed by atoms with Gasteiger partial charge in [0, 0.05) is 51.9 Å². The Hall–Kier alpha value is -5.08. The lowest BCUT2D eigenvalue weighted by Crippen LogP contribution is -2.20. The summed E-state index contributed by atoms with van der Waals surface area (Å²) in [5.74, 6) is 0. The lowest BCUT2D eigenvalue weighted by molar-refractivity contribution is 0.680. The summed E-state index contributed by atoms with van der Waals surface area (Å²) in [6.45, 7) is 0. The first kappa shape index (κ1) is 41.0. The van der Waals surface area contributed by atoms with Gasteiger partial charge in [-0.1, -0.05) is 181 Å². The summed E-state index contributed by atoms with van der Waals surface area (Å²) in [4.78, 5) is 5.12. The molecule has 0 fully saturated rings. The Morgan fingerprint density at radius 1 is 0.339 bits per heavy atom. The summed E-state index contributed by atoms with van der Waals surface area (Å²) in [7, 11) is -1.96. The van der Waals surface area contributed by atoms with Crippen molar-refractivity contribution in [2.45, 2.75) is 70.9 Å². The van der Waals surface area contributed by atoms with E-state index in [1.807, 2.05) is 23.5 Å². The first-order valence-electron chi connectivity index (χ1n) is 21.9. The average molecular weight is 877 g/mol. The number of fused-ring (bicyclic) bond motifs is 2. The second-order valence-electron chi connectivity index (χ2n) is 16.0. The molecule has 0 atom stereocenters. The van der Waals surface area contributed by atoms with Crippen LogP contribution in [0.2, 0.25) is 0 Å². The van der Waals surface area contributed by atoms with Gasteiger partial charge in [-0.15, -0.1) is 0 Å². The van der Waals surface area contributed by atoms with Crippen molar-refractivity contribution < 1.29 is 0 Å². The number of hydrogen-bond acceptors (Lipinski definition) is 4. The highest BCUT2D eigenvalue weighted by atomic mass is 32.2. The average Bonchev–Trinajstić information content (AvgIpc) is 3.34. The van der Waals surface area contributed by atoms with E-state index in [1.165, 1.54) is 111 Å². The zero-order chi connectivity index (χ0) is 41.5. The Morgan fingerprint density at radius 2 is 0.629 bits per heavy atom. The fourth-order valence-electron chi connectivity index (χ4n) is 9.01. The summed E-state index contributed by atoms with van der Waals surface area (Å²) in [5, 5.41) is 14.2. The molecule has 6 heteroatoms. The first-order valence-corrected chi connectivity index (χ1v) is 26.3. The standard InChI is InChI=1S/C56H50N2P2S2/c1-7-25-43(26-8-1)59(44-27-9-2-10-28-44)57-55-51(61-47-33-15-5-16-34-47)39-41-23-19-21-37-49(41)53(55)54-50-38-22-20-24-42(50)40-52(62-48-35-17-6-18-36-48)56(54)58-60(45-29-11-3-12-30-45)46-31-13-4-14-32-46/h1-18,25-36,39-40,57-58H,19-24,37-38H2. The monoisotopic (exact) mass is 876 g/mol. The van der Waals surface area contributed by atoms with E-state index in [-0.39, 0.29) is 0 Å². The molecule has 306 valence electrons. The maximum absolute atomic E-state index is 4.45. The summed E-state index contributed by atoms with van der Waals surface area (Å²) in [6.07, 6.45) is 9.16. The van der Waals surface area contributed by atoms with E-state index < -0.39 is 16.1 Å². The van der Waals surface area contributed by atoms with E-state index >= 15 is 0 Å². The third-order valence-corrected chi connectivity index (χ3v) is 18.2. The SMILES string of the molecule is c1ccc(Sc2cc3c(c(-c4c5c(cc(Sc6ccccc6)c4NP(c4ccccc4)c4ccccc4)CCCC5)c2NP(c2ccccc2)c2ccccc2)CCCC3)cc1. The minimum Gasteiger partial charge on any atom is -0.356 e. The Kier molecular flexibility index (Phi) is 12.9. The molecule has 0 aromatic heterocycles. The second-order valence-corrected chi connectivity index (χ2v) is 22.1. The first-order chi connectivity index (χ1) is 30.8. The minimum atomic E-state index is -0.980. The third-order valence-electron chi connectivity index (χ3n) is 11.9. The fraction of sp³-hybridized carbons (Fsp3) is 0.143. The summed E-state index contributed by atoms with van der Waals surface area (Å²) in [5.41, 5.74) is 11.4. The van der Waals surface area contributed by atoms with Crippen molar-refractivity contribution in [3.63, 3.8) is 0 Å². The molecule has 0 aliphatic heterocycles. The predicted molar refractivity (Wildman–Crippen MR) is 272 cm³/mol. The van der Waals surface area contributed by atoms with E-state index in [0.717, 1.165) is 25.7 Å². The van der Waals surface area contributed by atoms with Crippen molar-refractivity contribution in [2.24, 2.45) is 0 Å². The molecular weight excluding hydrogens is 827 g/mol. The second kappa shape index (κ2) is 19.5. The van der Waals surface area contributed by atoms with Crippen molar-refractivity contribution in [2.75, 3.05) is 10.2 Å². The number of hydrogen-bond donors (Lipinski definition) is 2. The van der Waals surface area contributed by atoms with Crippen molar-refractivity contribution >= 4 is 72.3 Å². The zero-order valence-corrected chi connectivity index (χ0v) is 38.3. The van der Waals surface area contributed by atoms with E-state index in [9.17, 15) is 0 Å². The molecule has 62 heavy (non-hydrogen) atoms. The van der Waals surface area contributed by atoms with Crippen LogP contribution in [0.25, 0.3) is 11.1 Å². The molecule has 0 heterocycles. The van der Waals surface area contributed by atoms with Gasteiger partial charge in [-0.25, -0.2) is 0 Å². The summed E-state index contributed by atoms with van der Waals surface area (Å²) < 4.78 is 0. The highest BCUT2D eigenvalue weighted by Gasteiger charge is 2.32. The van der Waals surface area contributed by atoms with Gasteiger partial charge in [-0.2, -0.15) is 0 Å². The van der Waals surface area contributed by atoms with Crippen LogP contribution in [0.15, 0.2) is 214 Å². The van der Waals surface area contributed by atoms with Gasteiger partial charge in [0.1, 0.15) is 0 Å². The van der Waals surface area contributed by atoms with Crippen LogP contribution in [0, 0.1) is 0 Å². The van der Waals surface area contributed by atoms with Gasteiger partial charge in [0.15, 0.2) is 0 Å². The number of anilines is 2. The molecule has 8 aromatic carbocycles. The number of rotatable bonds is 13. The van der Waals surface area contributed by atoms with Crippen LogP contribution in [0.4, 0.5) is 11.4 Å². The van der Waals surface area contributed by atoms with Crippen LogP contribution < -0.4 is 31.4 Å². The molecule has 0 radical (unpaired) electrons. The Morgan fingerprint density at radius 3 is 0.952 bits per heavy atom. The van der Waals surface area contributed by atoms with Gasteiger partial charge < -0.3 is 10.2 Å². The Bertz CT molecular complexity index is 2470. The van der Waals surface area contributed by atoms with Gasteiger partial charge >= 0.3 is 0 Å². The minimum absolute atomic E-state index is 0.980. The topological polar surface area (TPSA) is 24.1 Å². The molecule has 0 saturated heterocycles. The third kappa shape index (κ3) is 9.04. The molecule has 0 saturated carbocycles. The van der Waals surface area contributed by atoms with Gasteiger partial charge in [0.25, 0.3) is 0 Å². The maximum atomic E-state index is 4.45. The maximum Gasteiger partial charge on any atom is 0.0602 e. The van der Waals surface area contributed by atoms with Crippen molar-refractivity contribution in [1.82, 2.24) is 0 Å². The van der Waals surface area contributed by atoms with Gasteiger partial charge in [-0.05, 0) is 110 Å². The smallest absolute Gasteiger partial charge is 0.0602 e. The number of aryl methyl sites for hydroxylation is 2. The number of nitrogens with one attached hydrogen (secondary N) is 2. The van der Waals surface area contributed by atoms with Crippen LogP contribution in [0.5, 0.6) is 0 Å². The highest BCUT2D eigenvalue weighted by Crippen LogP contribution is 2.56. The van der Waals surface area contributed by atoms with Crippen LogP contribution in [0.3, 0.4) is 0 Å². The van der Waals surface area contributed by atoms with Crippen molar-refractivity contribution in [3.8, 4) is 11.1 Å². The molecule has 0 bridgehead atoms. The molecule has 0 unspecified atom stereocenters. The number of benzene rings is 8. The van der Waals surface area contributed by atoms with E-state index in [0.29, 0.717) is 0 Å². The normalized spacial score (nSPS) is 13.4. The van der Waals surface area contributed by atoms with Crippen LogP contribution >= 0.6 is 39.7 Å². The largest absolute Gasteiger partial charge is 0.356 e. The summed E-state index contributed by atoms with van der Waals surface area (Å²) in [6, 6.07) is 71.8. The Balaban J connectivity index is 1.29. The molecule has 2 aliphatic rings. The van der Waals surface area contributed by atoms with Crippen LogP contribution in [-0.2, 0) is 25.7 Å². The molecule has 2 nitrogen and oxygen atoms in total. The van der Waals surface area contributed by atoms with E-state index in [1.54, 1.807) is 0 Å². The molecule has 8 aromatic rings. The van der Waals surface area contributed by atoms with Gasteiger partial charge in [-0.3, -0.25) is 0 Å². The van der Waals surface area contributed by atoms with E-state index in [2.05, 4.69) is 204 Å². The van der Waals surface area contributed by atoms with Crippen molar-refractivity contribution in [1.29, 1.82) is 0 Å². The fourth-order valence-corrected chi connectivity index (χ4v) is 15.1. The van der Waals surface area contributed by atoms with E-state index in [4.69, 9.17) is 0 Å². The van der Waals surface area contributed by atoms with Crippen LogP contribution in [-0.4, -0.2) is 0 Å². The molecule has 2 N–H and O–H groups in total. The lowest BCUT2D eigenvalue weighted by Gasteiger charge is -2.34. The Labute approximate surface area is 378 Å². The van der Waals surface area contributed by atoms with Gasteiger partial charge in [0.2, 0.25) is 0 Å². The molecular formula is C56H50N2P2S2.